The van der Waals surface area contributed by atoms with E-state index in [1.54, 1.807) is 12.1 Å². The fraction of sp³-hybridized carbons (Fsp3) is 0.643. The highest BCUT2D eigenvalue weighted by Crippen LogP contribution is 2.03. The first-order valence-corrected chi connectivity index (χ1v) is 7.33. The summed E-state index contributed by atoms with van der Waals surface area (Å²) < 4.78 is 5.30. The van der Waals surface area contributed by atoms with Crippen LogP contribution in [0.3, 0.4) is 0 Å². The van der Waals surface area contributed by atoms with Gasteiger partial charge in [0.1, 0.15) is 5.82 Å². The van der Waals surface area contributed by atoms with Gasteiger partial charge in [-0.2, -0.15) is 0 Å². The highest BCUT2D eigenvalue weighted by Gasteiger charge is 2.10. The van der Waals surface area contributed by atoms with Crippen LogP contribution in [0.5, 0.6) is 0 Å². The van der Waals surface area contributed by atoms with Gasteiger partial charge in [-0.25, -0.2) is 0 Å². The molecule has 1 aliphatic rings. The van der Waals surface area contributed by atoms with E-state index in [9.17, 15) is 4.79 Å². The van der Waals surface area contributed by atoms with E-state index in [0.29, 0.717) is 11.5 Å². The number of anilines is 1. The first-order chi connectivity index (χ1) is 10.1. The van der Waals surface area contributed by atoms with Gasteiger partial charge in [-0.05, 0) is 26.0 Å². The molecule has 116 valence electrons. The van der Waals surface area contributed by atoms with Gasteiger partial charge in [-0.1, -0.05) is 0 Å². The Hall–Kier alpha value is -1.73. The summed E-state index contributed by atoms with van der Waals surface area (Å²) in [6.07, 6.45) is 0. The van der Waals surface area contributed by atoms with E-state index >= 15 is 0 Å². The van der Waals surface area contributed by atoms with E-state index in [-0.39, 0.29) is 11.9 Å². The Bertz CT molecular complexity index is 443. The second kappa shape index (κ2) is 7.90. The summed E-state index contributed by atoms with van der Waals surface area (Å²) in [7, 11) is 0. The maximum absolute atomic E-state index is 11.7. The number of aromatic nitrogens is 2. The molecule has 0 atom stereocenters. The Morgan fingerprint density at radius 1 is 1.33 bits per heavy atom. The van der Waals surface area contributed by atoms with Crippen molar-refractivity contribution in [3.63, 3.8) is 0 Å². The first-order valence-electron chi connectivity index (χ1n) is 7.33. The monoisotopic (exact) mass is 293 g/mol. The van der Waals surface area contributed by atoms with Crippen molar-refractivity contribution in [2.24, 2.45) is 0 Å². The van der Waals surface area contributed by atoms with Crippen LogP contribution < -0.4 is 10.6 Å². The molecule has 2 N–H and O–H groups in total. The van der Waals surface area contributed by atoms with Crippen molar-refractivity contribution in [1.29, 1.82) is 0 Å². The van der Waals surface area contributed by atoms with E-state index in [1.165, 1.54) is 0 Å². The largest absolute Gasteiger partial charge is 0.379 e. The molecule has 0 bridgehead atoms. The summed E-state index contributed by atoms with van der Waals surface area (Å²) in [5, 5.41) is 14.0. The molecule has 2 heterocycles. The molecular weight excluding hydrogens is 270 g/mol. The second-order valence-corrected chi connectivity index (χ2v) is 5.31. The molecule has 0 aliphatic carbocycles. The average molecular weight is 293 g/mol. The highest BCUT2D eigenvalue weighted by atomic mass is 16.5. The number of nitrogens with one attached hydrogen (secondary N) is 2. The van der Waals surface area contributed by atoms with Crippen LogP contribution in [0.2, 0.25) is 0 Å². The number of hydrogen-bond acceptors (Lipinski definition) is 6. The Balaban J connectivity index is 1.75. The Morgan fingerprint density at radius 2 is 2.10 bits per heavy atom. The van der Waals surface area contributed by atoms with Gasteiger partial charge in [-0.15, -0.1) is 10.2 Å². The second-order valence-electron chi connectivity index (χ2n) is 5.31. The van der Waals surface area contributed by atoms with E-state index in [2.05, 4.69) is 25.7 Å². The first kappa shape index (κ1) is 15.7. The Morgan fingerprint density at radius 3 is 2.71 bits per heavy atom. The van der Waals surface area contributed by atoms with Crippen LogP contribution in [0.4, 0.5) is 5.82 Å². The maximum atomic E-state index is 11.7. The molecule has 0 aromatic carbocycles. The van der Waals surface area contributed by atoms with Crippen LogP contribution in [0.1, 0.15) is 24.3 Å². The number of carbonyl (C=O) groups excluding carboxylic acids is 1. The third-order valence-corrected chi connectivity index (χ3v) is 3.15. The minimum Gasteiger partial charge on any atom is -0.379 e. The van der Waals surface area contributed by atoms with Gasteiger partial charge < -0.3 is 15.4 Å². The van der Waals surface area contributed by atoms with E-state index < -0.39 is 0 Å². The fourth-order valence-corrected chi connectivity index (χ4v) is 2.05. The number of ether oxygens (including phenoxy) is 1. The van der Waals surface area contributed by atoms with E-state index in [4.69, 9.17) is 4.74 Å². The molecule has 1 aromatic heterocycles. The molecule has 0 saturated carbocycles. The molecule has 2 rings (SSSR count). The lowest BCUT2D eigenvalue weighted by atomic mass is 10.3. The van der Waals surface area contributed by atoms with Gasteiger partial charge in [-0.3, -0.25) is 9.69 Å². The van der Waals surface area contributed by atoms with Gasteiger partial charge in [0.05, 0.1) is 13.2 Å². The zero-order chi connectivity index (χ0) is 15.1. The molecule has 0 radical (unpaired) electrons. The molecule has 1 aliphatic heterocycles. The average Bonchev–Trinajstić information content (AvgIpc) is 2.48. The molecule has 0 spiro atoms. The summed E-state index contributed by atoms with van der Waals surface area (Å²) in [5.74, 6) is 0.488. The summed E-state index contributed by atoms with van der Waals surface area (Å²) in [6.45, 7) is 9.12. The van der Waals surface area contributed by atoms with Gasteiger partial charge >= 0.3 is 0 Å². The third kappa shape index (κ3) is 5.28. The van der Waals surface area contributed by atoms with E-state index in [1.807, 2.05) is 13.8 Å². The van der Waals surface area contributed by atoms with Gasteiger partial charge in [0.25, 0.3) is 5.91 Å². The fourth-order valence-electron chi connectivity index (χ4n) is 2.05. The van der Waals surface area contributed by atoms with Crippen molar-refractivity contribution >= 4 is 11.7 Å². The summed E-state index contributed by atoms with van der Waals surface area (Å²) in [4.78, 5) is 14.1. The standard InChI is InChI=1S/C14H23N5O2/c1-11(2)16-14(20)12-3-4-13(18-17-12)15-5-6-19-7-9-21-10-8-19/h3-4,11H,5-10H2,1-2H3,(H,15,18)(H,16,20). The number of nitrogens with zero attached hydrogens (tertiary/aromatic N) is 3. The quantitative estimate of drug-likeness (QED) is 0.788. The van der Waals surface area contributed by atoms with Crippen LogP contribution in [0.25, 0.3) is 0 Å². The minimum atomic E-state index is -0.197. The Labute approximate surface area is 125 Å². The molecule has 0 unspecified atom stereocenters. The zero-order valence-corrected chi connectivity index (χ0v) is 12.6. The number of carbonyl (C=O) groups is 1. The molecule has 7 nitrogen and oxygen atoms in total. The lowest BCUT2D eigenvalue weighted by molar-refractivity contribution is 0.0398. The van der Waals surface area contributed by atoms with Gasteiger partial charge in [0.2, 0.25) is 0 Å². The summed E-state index contributed by atoms with van der Waals surface area (Å²) in [6, 6.07) is 3.55. The lowest BCUT2D eigenvalue weighted by Gasteiger charge is -2.26. The number of amides is 1. The van der Waals surface area contributed by atoms with Crippen LogP contribution in [0, 0.1) is 0 Å². The molecule has 1 aromatic rings. The third-order valence-electron chi connectivity index (χ3n) is 3.15. The number of rotatable bonds is 6. The number of morpholine rings is 1. The van der Waals surface area contributed by atoms with Gasteiger partial charge in [0.15, 0.2) is 5.69 Å². The SMILES string of the molecule is CC(C)NC(=O)c1ccc(NCCN2CCOCC2)nn1. The predicted molar refractivity (Wildman–Crippen MR) is 80.4 cm³/mol. The van der Waals surface area contributed by atoms with Crippen LogP contribution >= 0.6 is 0 Å². The van der Waals surface area contributed by atoms with Crippen molar-refractivity contribution in [2.45, 2.75) is 19.9 Å². The van der Waals surface area contributed by atoms with Gasteiger partial charge in [0, 0.05) is 32.2 Å². The summed E-state index contributed by atoms with van der Waals surface area (Å²) >= 11 is 0. The lowest BCUT2D eigenvalue weighted by Crippen LogP contribution is -2.39. The molecule has 1 fully saturated rings. The van der Waals surface area contributed by atoms with Crippen molar-refractivity contribution in [3.8, 4) is 0 Å². The molecular formula is C14H23N5O2. The minimum absolute atomic E-state index is 0.0885. The Kier molecular flexibility index (Phi) is 5.89. The zero-order valence-electron chi connectivity index (χ0n) is 12.6. The summed E-state index contributed by atoms with van der Waals surface area (Å²) in [5.41, 5.74) is 0.336. The van der Waals surface area contributed by atoms with Crippen molar-refractivity contribution in [2.75, 3.05) is 44.7 Å². The van der Waals surface area contributed by atoms with Crippen LogP contribution in [-0.2, 0) is 4.74 Å². The maximum Gasteiger partial charge on any atom is 0.271 e. The van der Waals surface area contributed by atoms with Crippen molar-refractivity contribution < 1.29 is 9.53 Å². The predicted octanol–water partition coefficient (Wildman–Crippen LogP) is 0.359. The molecule has 1 saturated heterocycles. The van der Waals surface area contributed by atoms with E-state index in [0.717, 1.165) is 39.4 Å². The van der Waals surface area contributed by atoms with Crippen molar-refractivity contribution in [1.82, 2.24) is 20.4 Å². The topological polar surface area (TPSA) is 79.4 Å². The van der Waals surface area contributed by atoms with Crippen LogP contribution in [0.15, 0.2) is 12.1 Å². The molecule has 7 heteroatoms. The highest BCUT2D eigenvalue weighted by molar-refractivity contribution is 5.92. The smallest absolute Gasteiger partial charge is 0.271 e. The molecule has 1 amide bonds. The van der Waals surface area contributed by atoms with Crippen LogP contribution in [-0.4, -0.2) is 66.4 Å². The number of hydrogen-bond donors (Lipinski definition) is 2. The van der Waals surface area contributed by atoms with Crippen molar-refractivity contribution in [3.05, 3.63) is 17.8 Å². The molecule has 21 heavy (non-hydrogen) atoms. The normalized spacial score (nSPS) is 16.0.